The average Bonchev–Trinajstić information content (AvgIpc) is 2.99. The second-order valence-electron chi connectivity index (χ2n) is 4.96. The molecule has 0 radical (unpaired) electrons. The van der Waals surface area contributed by atoms with E-state index < -0.39 is 5.97 Å². The predicted molar refractivity (Wildman–Crippen MR) is 67.7 cm³/mol. The van der Waals surface area contributed by atoms with E-state index in [1.165, 1.54) is 5.69 Å². The lowest BCUT2D eigenvalue weighted by molar-refractivity contribution is -0.142. The van der Waals surface area contributed by atoms with Crippen molar-refractivity contribution in [1.29, 1.82) is 0 Å². The van der Waals surface area contributed by atoms with Gasteiger partial charge in [-0.05, 0) is 18.9 Å². The van der Waals surface area contributed by atoms with Crippen molar-refractivity contribution in [2.45, 2.75) is 25.8 Å². The van der Waals surface area contributed by atoms with Gasteiger partial charge in [0, 0.05) is 31.6 Å². The van der Waals surface area contributed by atoms with Crippen LogP contribution in [-0.4, -0.2) is 30.4 Å². The lowest BCUT2D eigenvalue weighted by atomic mass is 9.90. The molecular formula is C13H16N4O2. The first-order valence-electron chi connectivity index (χ1n) is 6.38. The van der Waals surface area contributed by atoms with Crippen LogP contribution in [0.1, 0.15) is 23.6 Å². The van der Waals surface area contributed by atoms with Crippen molar-refractivity contribution in [3.05, 3.63) is 35.7 Å². The Bertz CT molecular complexity index is 600. The molecule has 1 aliphatic rings. The summed E-state index contributed by atoms with van der Waals surface area (Å²) in [6.07, 6.45) is 5.66. The summed E-state index contributed by atoms with van der Waals surface area (Å²) in [5, 5.41) is 13.3. The Kier molecular flexibility index (Phi) is 2.85. The third-order valence-corrected chi connectivity index (χ3v) is 3.77. The van der Waals surface area contributed by atoms with Gasteiger partial charge in [-0.15, -0.1) is 0 Å². The third-order valence-electron chi connectivity index (χ3n) is 3.77. The van der Waals surface area contributed by atoms with Crippen LogP contribution in [-0.2, 0) is 31.2 Å². The Balaban J connectivity index is 1.87. The molecule has 0 spiro atoms. The number of aliphatic carboxylic acids is 1. The van der Waals surface area contributed by atoms with Crippen LogP contribution >= 0.6 is 0 Å². The third kappa shape index (κ3) is 2.14. The molecule has 0 amide bonds. The number of carbonyl (C=O) groups is 1. The molecule has 1 unspecified atom stereocenters. The topological polar surface area (TPSA) is 72.9 Å². The number of nitrogens with zero attached hydrogens (tertiary/aromatic N) is 4. The fraction of sp³-hybridized carbons (Fsp3) is 0.462. The molecule has 6 heteroatoms. The van der Waals surface area contributed by atoms with Gasteiger partial charge in [0.25, 0.3) is 0 Å². The first-order valence-corrected chi connectivity index (χ1v) is 6.38. The quantitative estimate of drug-likeness (QED) is 0.888. The first-order chi connectivity index (χ1) is 9.15. The Morgan fingerprint density at radius 2 is 2.42 bits per heavy atom. The smallest absolute Gasteiger partial charge is 0.306 e. The zero-order chi connectivity index (χ0) is 13.4. The number of carboxylic acids is 1. The summed E-state index contributed by atoms with van der Waals surface area (Å²) in [5.74, 6) is -0.0791. The number of imidazole rings is 1. The van der Waals surface area contributed by atoms with E-state index in [0.717, 1.165) is 17.9 Å². The minimum Gasteiger partial charge on any atom is -0.481 e. The Labute approximate surface area is 110 Å². The Morgan fingerprint density at radius 1 is 1.58 bits per heavy atom. The molecule has 6 nitrogen and oxygen atoms in total. The monoisotopic (exact) mass is 260 g/mol. The van der Waals surface area contributed by atoms with Gasteiger partial charge in [-0.25, -0.2) is 4.98 Å². The molecule has 0 aromatic carbocycles. The van der Waals surface area contributed by atoms with Gasteiger partial charge in [0.15, 0.2) is 0 Å². The summed E-state index contributed by atoms with van der Waals surface area (Å²) in [7, 11) is 1.99. The number of aromatic nitrogens is 4. The van der Waals surface area contributed by atoms with Crippen molar-refractivity contribution >= 4 is 5.97 Å². The van der Waals surface area contributed by atoms with Crippen LogP contribution in [0, 0.1) is 5.92 Å². The minimum atomic E-state index is -0.718. The van der Waals surface area contributed by atoms with E-state index >= 15 is 0 Å². The van der Waals surface area contributed by atoms with Gasteiger partial charge in [-0.3, -0.25) is 9.48 Å². The molecule has 3 rings (SSSR count). The number of carboxylic acid groups (broad SMARTS) is 1. The van der Waals surface area contributed by atoms with Crippen LogP contribution < -0.4 is 0 Å². The largest absolute Gasteiger partial charge is 0.481 e. The summed E-state index contributed by atoms with van der Waals surface area (Å²) in [4.78, 5) is 15.7. The van der Waals surface area contributed by atoms with Gasteiger partial charge in [0.1, 0.15) is 5.82 Å². The number of fused-ring (bicyclic) bond motifs is 1. The predicted octanol–water partition coefficient (Wildman–Crippen LogP) is 0.854. The number of hydrogen-bond donors (Lipinski definition) is 1. The van der Waals surface area contributed by atoms with Crippen molar-refractivity contribution in [3.8, 4) is 0 Å². The van der Waals surface area contributed by atoms with E-state index in [2.05, 4.69) is 14.6 Å². The number of hydrogen-bond acceptors (Lipinski definition) is 3. The molecule has 1 aliphatic carbocycles. The normalized spacial score (nSPS) is 18.3. The van der Waals surface area contributed by atoms with Crippen LogP contribution in [0.2, 0.25) is 0 Å². The molecule has 2 aromatic rings. The van der Waals surface area contributed by atoms with E-state index in [9.17, 15) is 4.79 Å². The molecule has 0 aliphatic heterocycles. The maximum atomic E-state index is 11.1. The first kappa shape index (κ1) is 12.0. The SMILES string of the molecule is Cn1c(Cn2cccn2)nc2c1CCC(C(=O)O)C2. The molecule has 100 valence electrons. The highest BCUT2D eigenvalue weighted by molar-refractivity contribution is 5.70. The van der Waals surface area contributed by atoms with E-state index in [1.54, 1.807) is 6.20 Å². The summed E-state index contributed by atoms with van der Waals surface area (Å²) in [5.41, 5.74) is 2.10. The van der Waals surface area contributed by atoms with Crippen LogP contribution in [0.3, 0.4) is 0 Å². The number of rotatable bonds is 3. The standard InChI is InChI=1S/C13H16N4O2/c1-16-11-4-3-9(13(18)19)7-10(11)15-12(16)8-17-6-2-5-14-17/h2,5-6,9H,3-4,7-8H2,1H3,(H,18,19). The Morgan fingerprint density at radius 3 is 3.11 bits per heavy atom. The molecule has 2 heterocycles. The Hall–Kier alpha value is -2.11. The fourth-order valence-corrected chi connectivity index (χ4v) is 2.66. The molecule has 0 bridgehead atoms. The van der Waals surface area contributed by atoms with E-state index in [0.29, 0.717) is 19.4 Å². The van der Waals surface area contributed by atoms with Crippen molar-refractivity contribution in [2.75, 3.05) is 0 Å². The van der Waals surface area contributed by atoms with Crippen molar-refractivity contribution in [3.63, 3.8) is 0 Å². The summed E-state index contributed by atoms with van der Waals surface area (Å²) in [6, 6.07) is 1.88. The highest BCUT2D eigenvalue weighted by atomic mass is 16.4. The minimum absolute atomic E-state index is 0.292. The van der Waals surface area contributed by atoms with Crippen LogP contribution in [0.25, 0.3) is 0 Å². The zero-order valence-corrected chi connectivity index (χ0v) is 10.8. The molecule has 2 aromatic heterocycles. The average molecular weight is 260 g/mol. The van der Waals surface area contributed by atoms with Crippen LogP contribution in [0.4, 0.5) is 0 Å². The second kappa shape index (κ2) is 4.53. The lowest BCUT2D eigenvalue weighted by Crippen LogP contribution is -2.22. The summed E-state index contributed by atoms with van der Waals surface area (Å²) >= 11 is 0. The molecule has 1 atom stereocenters. The van der Waals surface area contributed by atoms with Gasteiger partial charge in [0.05, 0.1) is 18.2 Å². The van der Waals surface area contributed by atoms with Crippen LogP contribution in [0.15, 0.2) is 18.5 Å². The molecular weight excluding hydrogens is 244 g/mol. The summed E-state index contributed by atoms with van der Waals surface area (Å²) in [6.45, 7) is 0.619. The lowest BCUT2D eigenvalue weighted by Gasteiger charge is -2.18. The van der Waals surface area contributed by atoms with Crippen LogP contribution in [0.5, 0.6) is 0 Å². The van der Waals surface area contributed by atoms with Crippen molar-refractivity contribution in [2.24, 2.45) is 13.0 Å². The molecule has 19 heavy (non-hydrogen) atoms. The van der Waals surface area contributed by atoms with E-state index in [-0.39, 0.29) is 5.92 Å². The molecule has 0 fully saturated rings. The maximum Gasteiger partial charge on any atom is 0.306 e. The molecule has 0 saturated heterocycles. The fourth-order valence-electron chi connectivity index (χ4n) is 2.66. The van der Waals surface area contributed by atoms with E-state index in [1.807, 2.05) is 24.0 Å². The molecule has 1 N–H and O–H groups in total. The second-order valence-corrected chi connectivity index (χ2v) is 4.96. The highest BCUT2D eigenvalue weighted by Crippen LogP contribution is 2.26. The van der Waals surface area contributed by atoms with Gasteiger partial charge in [0.2, 0.25) is 0 Å². The van der Waals surface area contributed by atoms with Gasteiger partial charge < -0.3 is 9.67 Å². The van der Waals surface area contributed by atoms with Gasteiger partial charge in [-0.2, -0.15) is 5.10 Å². The van der Waals surface area contributed by atoms with Crippen molar-refractivity contribution in [1.82, 2.24) is 19.3 Å². The van der Waals surface area contributed by atoms with Crippen molar-refractivity contribution < 1.29 is 9.90 Å². The highest BCUT2D eigenvalue weighted by Gasteiger charge is 2.28. The van der Waals surface area contributed by atoms with Gasteiger partial charge in [-0.1, -0.05) is 0 Å². The zero-order valence-electron chi connectivity index (χ0n) is 10.8. The van der Waals surface area contributed by atoms with E-state index in [4.69, 9.17) is 5.11 Å². The summed E-state index contributed by atoms with van der Waals surface area (Å²) < 4.78 is 3.90. The molecule has 0 saturated carbocycles. The van der Waals surface area contributed by atoms with Gasteiger partial charge >= 0.3 is 5.97 Å². The maximum absolute atomic E-state index is 11.1.